The van der Waals surface area contributed by atoms with Crippen molar-refractivity contribution in [1.29, 1.82) is 0 Å². The number of aromatic nitrogens is 2. The Morgan fingerprint density at radius 2 is 1.72 bits per heavy atom. The molecule has 0 saturated carbocycles. The van der Waals surface area contributed by atoms with Gasteiger partial charge in [0.2, 0.25) is 0 Å². The molecule has 130 valence electrons. The summed E-state index contributed by atoms with van der Waals surface area (Å²) < 4.78 is 38.0. The first-order valence-electron chi connectivity index (χ1n) is 7.66. The Hall–Kier alpha value is -2.67. The summed E-state index contributed by atoms with van der Waals surface area (Å²) >= 11 is 0. The largest absolute Gasteiger partial charge is 0.388 e. The summed E-state index contributed by atoms with van der Waals surface area (Å²) in [5.41, 5.74) is 3.53. The summed E-state index contributed by atoms with van der Waals surface area (Å²) in [5, 5.41) is 7.35. The number of nitrogens with zero attached hydrogens (tertiary/aromatic N) is 2. The van der Waals surface area contributed by atoms with Gasteiger partial charge in [-0.05, 0) is 42.5 Å². The van der Waals surface area contributed by atoms with Crippen LogP contribution in [-0.2, 0) is 16.5 Å². The van der Waals surface area contributed by atoms with Crippen molar-refractivity contribution in [3.8, 4) is 16.9 Å². The van der Waals surface area contributed by atoms with Gasteiger partial charge in [0.05, 0.1) is 22.0 Å². The highest BCUT2D eigenvalue weighted by atomic mass is 32.2. The number of hydrogen-bond acceptors (Lipinski definition) is 4. The number of nitrogens with one attached hydrogen (secondary N) is 1. The van der Waals surface area contributed by atoms with Crippen LogP contribution in [0.4, 0.5) is 10.1 Å². The number of sulfone groups is 1. The lowest BCUT2D eigenvalue weighted by atomic mass is 10.1. The van der Waals surface area contributed by atoms with Crippen LogP contribution in [0.3, 0.4) is 0 Å². The molecule has 7 heteroatoms. The molecule has 0 aliphatic heterocycles. The molecule has 0 spiro atoms. The molecule has 1 aromatic heterocycles. The molecule has 1 N–H and O–H groups in total. The number of alkyl halides is 1. The van der Waals surface area contributed by atoms with Crippen LogP contribution < -0.4 is 5.32 Å². The Morgan fingerprint density at radius 1 is 1.08 bits per heavy atom. The Balaban J connectivity index is 2.08. The fourth-order valence-electron chi connectivity index (χ4n) is 2.54. The Kier molecular flexibility index (Phi) is 4.59. The molecule has 1 heterocycles. The van der Waals surface area contributed by atoms with Crippen molar-refractivity contribution >= 4 is 15.5 Å². The molecule has 25 heavy (non-hydrogen) atoms. The van der Waals surface area contributed by atoms with E-state index in [4.69, 9.17) is 0 Å². The molecule has 0 saturated heterocycles. The molecular weight excluding hydrogens is 341 g/mol. The van der Waals surface area contributed by atoms with Crippen LogP contribution in [-0.4, -0.2) is 31.5 Å². The van der Waals surface area contributed by atoms with E-state index in [0.29, 0.717) is 11.4 Å². The van der Waals surface area contributed by atoms with Gasteiger partial charge in [0.15, 0.2) is 9.84 Å². The molecule has 0 aliphatic carbocycles. The van der Waals surface area contributed by atoms with Crippen molar-refractivity contribution in [3.05, 3.63) is 60.3 Å². The van der Waals surface area contributed by atoms with Gasteiger partial charge in [-0.2, -0.15) is 5.10 Å². The molecule has 5 nitrogen and oxygen atoms in total. The third kappa shape index (κ3) is 3.56. The van der Waals surface area contributed by atoms with E-state index in [1.165, 1.54) is 0 Å². The molecule has 0 aliphatic rings. The number of halogens is 1. The summed E-state index contributed by atoms with van der Waals surface area (Å²) in [5.74, 6) is 0. The minimum Gasteiger partial charge on any atom is -0.388 e. The predicted molar refractivity (Wildman–Crippen MR) is 96.5 cm³/mol. The standard InChI is InChI=1S/C18H18FN3O2S/c1-20-14-5-7-16(8-6-14)22-18(11-15(12-19)21-22)13-3-9-17(10-4-13)25(2,23)24/h3-11,20H,12H2,1-2H3. The molecule has 0 unspecified atom stereocenters. The quantitative estimate of drug-likeness (QED) is 0.758. The van der Waals surface area contributed by atoms with Crippen LogP contribution in [0.2, 0.25) is 0 Å². The Morgan fingerprint density at radius 3 is 2.24 bits per heavy atom. The molecule has 2 aromatic carbocycles. The molecule has 3 rings (SSSR count). The first kappa shape index (κ1) is 17.2. The second-order valence-electron chi connectivity index (χ2n) is 5.66. The monoisotopic (exact) mass is 359 g/mol. The molecule has 0 atom stereocenters. The second-order valence-corrected chi connectivity index (χ2v) is 7.68. The minimum atomic E-state index is -3.26. The van der Waals surface area contributed by atoms with E-state index < -0.39 is 16.5 Å². The highest BCUT2D eigenvalue weighted by Gasteiger charge is 2.13. The summed E-state index contributed by atoms with van der Waals surface area (Å²) in [6.07, 6.45) is 1.16. The third-order valence-electron chi connectivity index (χ3n) is 3.88. The van der Waals surface area contributed by atoms with E-state index in [9.17, 15) is 12.8 Å². The lowest BCUT2D eigenvalue weighted by Crippen LogP contribution is -2.01. The molecule has 0 bridgehead atoms. The second kappa shape index (κ2) is 6.68. The summed E-state index contributed by atoms with van der Waals surface area (Å²) in [6, 6.07) is 15.7. The van der Waals surface area contributed by atoms with Gasteiger partial charge in [-0.1, -0.05) is 12.1 Å². The molecule has 0 radical (unpaired) electrons. The average Bonchev–Trinajstić information content (AvgIpc) is 3.05. The number of anilines is 1. The lowest BCUT2D eigenvalue weighted by Gasteiger charge is -2.09. The highest BCUT2D eigenvalue weighted by molar-refractivity contribution is 7.90. The minimum absolute atomic E-state index is 0.242. The number of rotatable bonds is 5. The van der Waals surface area contributed by atoms with Gasteiger partial charge in [-0.3, -0.25) is 0 Å². The summed E-state index contributed by atoms with van der Waals surface area (Å²) in [7, 11) is -1.43. The van der Waals surface area contributed by atoms with E-state index in [1.807, 2.05) is 31.3 Å². The maximum atomic E-state index is 13.1. The van der Waals surface area contributed by atoms with Crippen LogP contribution in [0.15, 0.2) is 59.5 Å². The van der Waals surface area contributed by atoms with E-state index in [-0.39, 0.29) is 4.90 Å². The summed E-state index contributed by atoms with van der Waals surface area (Å²) in [4.78, 5) is 0.242. The smallest absolute Gasteiger partial charge is 0.175 e. The van der Waals surface area contributed by atoms with Gasteiger partial charge < -0.3 is 5.32 Å². The zero-order valence-electron chi connectivity index (χ0n) is 13.9. The maximum absolute atomic E-state index is 13.1. The van der Waals surface area contributed by atoms with Crippen LogP contribution in [0.25, 0.3) is 16.9 Å². The van der Waals surface area contributed by atoms with Crippen molar-refractivity contribution in [1.82, 2.24) is 9.78 Å². The van der Waals surface area contributed by atoms with Crippen molar-refractivity contribution in [2.45, 2.75) is 11.6 Å². The van der Waals surface area contributed by atoms with E-state index in [2.05, 4.69) is 10.4 Å². The third-order valence-corrected chi connectivity index (χ3v) is 5.00. The first-order valence-corrected chi connectivity index (χ1v) is 9.55. The van der Waals surface area contributed by atoms with Gasteiger partial charge >= 0.3 is 0 Å². The number of hydrogen-bond donors (Lipinski definition) is 1. The zero-order chi connectivity index (χ0) is 18.0. The van der Waals surface area contributed by atoms with Gasteiger partial charge in [-0.25, -0.2) is 17.5 Å². The fraction of sp³-hybridized carbons (Fsp3) is 0.167. The zero-order valence-corrected chi connectivity index (χ0v) is 14.7. The first-order chi connectivity index (χ1) is 11.9. The van der Waals surface area contributed by atoms with Crippen molar-refractivity contribution in [2.24, 2.45) is 0 Å². The number of benzene rings is 2. The molecule has 0 amide bonds. The van der Waals surface area contributed by atoms with Gasteiger partial charge in [0.1, 0.15) is 6.67 Å². The fourth-order valence-corrected chi connectivity index (χ4v) is 3.17. The van der Waals surface area contributed by atoms with Crippen molar-refractivity contribution in [2.75, 3.05) is 18.6 Å². The van der Waals surface area contributed by atoms with Gasteiger partial charge in [0, 0.05) is 24.6 Å². The van der Waals surface area contributed by atoms with Crippen LogP contribution in [0.5, 0.6) is 0 Å². The van der Waals surface area contributed by atoms with Crippen LogP contribution in [0, 0.1) is 0 Å². The average molecular weight is 359 g/mol. The van der Waals surface area contributed by atoms with E-state index >= 15 is 0 Å². The van der Waals surface area contributed by atoms with E-state index in [1.54, 1.807) is 35.0 Å². The normalized spacial score (nSPS) is 11.5. The maximum Gasteiger partial charge on any atom is 0.175 e. The summed E-state index contributed by atoms with van der Waals surface area (Å²) in [6.45, 7) is -0.671. The van der Waals surface area contributed by atoms with Gasteiger partial charge in [-0.15, -0.1) is 0 Å². The Bertz CT molecular complexity index is 978. The van der Waals surface area contributed by atoms with Crippen LogP contribution >= 0.6 is 0 Å². The topological polar surface area (TPSA) is 64.0 Å². The van der Waals surface area contributed by atoms with Gasteiger partial charge in [0.25, 0.3) is 0 Å². The van der Waals surface area contributed by atoms with Crippen molar-refractivity contribution < 1.29 is 12.8 Å². The SMILES string of the molecule is CNc1ccc(-n2nc(CF)cc2-c2ccc(S(C)(=O)=O)cc2)cc1. The van der Waals surface area contributed by atoms with Crippen LogP contribution in [0.1, 0.15) is 5.69 Å². The Labute approximate surface area is 146 Å². The van der Waals surface area contributed by atoms with E-state index in [0.717, 1.165) is 23.2 Å². The predicted octanol–water partition coefficient (Wildman–Crippen LogP) is 3.45. The molecular formula is C18H18FN3O2S. The molecule has 3 aromatic rings. The van der Waals surface area contributed by atoms with Crippen molar-refractivity contribution in [3.63, 3.8) is 0 Å². The highest BCUT2D eigenvalue weighted by Crippen LogP contribution is 2.26. The molecule has 0 fully saturated rings. The lowest BCUT2D eigenvalue weighted by molar-refractivity contribution is 0.473.